The van der Waals surface area contributed by atoms with Gasteiger partial charge < -0.3 is 8.85 Å². The summed E-state index contributed by atoms with van der Waals surface area (Å²) in [5, 5.41) is 8.27. The lowest BCUT2D eigenvalue weighted by Gasteiger charge is -2.39. The summed E-state index contributed by atoms with van der Waals surface area (Å²) in [5.41, 5.74) is 13.4. The third-order valence-corrected chi connectivity index (χ3v) is 34.0. The topological polar surface area (TPSA) is 18.5 Å². The molecule has 0 aliphatic carbocycles. The maximum Gasteiger partial charge on any atom is 0.341 e. The van der Waals surface area contributed by atoms with Crippen molar-refractivity contribution in [1.29, 1.82) is 0 Å². The molecule has 0 bridgehead atoms. The van der Waals surface area contributed by atoms with Crippen LogP contribution in [0.4, 0.5) is 0 Å². The Morgan fingerprint density at radius 2 is 0.917 bits per heavy atom. The van der Waals surface area contributed by atoms with Gasteiger partial charge in [-0.3, -0.25) is 0 Å². The Bertz CT molecular complexity index is 3580. The Labute approximate surface area is 629 Å². The van der Waals surface area contributed by atoms with Gasteiger partial charge in [-0.25, -0.2) is 36.4 Å². The predicted octanol–water partition coefficient (Wildman–Crippen LogP) is 29.9. The molecule has 96 heavy (non-hydrogen) atoms. The summed E-state index contributed by atoms with van der Waals surface area (Å²) in [4.78, 5) is 0. The number of hydrogen-bond acceptors (Lipinski definition) is 2. The standard InChI is InChI=1S/C20H29OSi.C18H27OSi.C13H15Cl2Si.C11H17Cl2Si.C9H13Cl2Si.C8H10Cl3Si/c1-7-8-9-10-11-22(5,6)21-20-16(3)14-18-12-15(2)13-19(18)17(20)4;1-12-9-15-11-13(2)17(14(3)16(15)10-12)19-20(7,8)18(4,5)6;1-16(14,15)10-4-6-12-9-8-11-5-2-3-7-13(11)12;1-14(12,13)10-6-2-3-7-11-8-4-5-9-11;1-12(10,11)8-4-7-9-5-2-3-6-9;9-12(10,11)7-3-6-8-4-1-2-5-8/h7,12-14H,1,8-11H2,2-6H3;9-11H,1-8H3;2-3,5,7-9H,4,6,10H2,1H3;4-5,8-9H,2-3,6-7,10H2,1H3;2-3,5-6H,4,7-8H2,1H3;1-2,4-5H,3,6-7H2/q6*-1. The fourth-order valence-corrected chi connectivity index (χ4v) is 21.2. The van der Waals surface area contributed by atoms with Gasteiger partial charge in [0.25, 0.3) is 0 Å². The number of allylic oxidation sites excluding steroid dienone is 1. The monoisotopic (exact) mass is 1570 g/mol. The van der Waals surface area contributed by atoms with Gasteiger partial charge in [0.2, 0.25) is 36.7 Å². The zero-order chi connectivity index (χ0) is 71.7. The normalized spacial score (nSPS) is 12.2. The van der Waals surface area contributed by atoms with Crippen molar-refractivity contribution in [1.82, 2.24) is 0 Å². The molecule has 0 radical (unpaired) electrons. The number of rotatable bonds is 27. The second-order valence-electron chi connectivity index (χ2n) is 28.9. The van der Waals surface area contributed by atoms with Crippen molar-refractivity contribution in [2.75, 3.05) is 0 Å². The van der Waals surface area contributed by atoms with Crippen LogP contribution >= 0.6 is 99.7 Å². The van der Waals surface area contributed by atoms with Gasteiger partial charge in [0.1, 0.15) is 0 Å². The molecule has 532 valence electrons. The van der Waals surface area contributed by atoms with E-state index in [4.69, 9.17) is 109 Å². The molecule has 17 heteroatoms. The Morgan fingerprint density at radius 3 is 1.36 bits per heavy atom. The first-order valence-corrected chi connectivity index (χ1v) is 59.9. The minimum atomic E-state index is -2.37. The van der Waals surface area contributed by atoms with Gasteiger partial charge in [-0.1, -0.05) is 164 Å². The van der Waals surface area contributed by atoms with E-state index in [1.165, 1.54) is 133 Å². The highest BCUT2D eigenvalue weighted by Crippen LogP contribution is 2.42. The zero-order valence-corrected chi connectivity index (χ0v) is 73.4. The van der Waals surface area contributed by atoms with Crippen molar-refractivity contribution < 1.29 is 8.85 Å². The van der Waals surface area contributed by atoms with E-state index >= 15 is 0 Å². The Balaban J connectivity index is 0.000000249. The van der Waals surface area contributed by atoms with Gasteiger partial charge in [-0.05, 0) is 108 Å². The van der Waals surface area contributed by atoms with Crippen molar-refractivity contribution in [2.24, 2.45) is 0 Å². The Morgan fingerprint density at radius 1 is 0.479 bits per heavy atom. The number of hydrogen-bond donors (Lipinski definition) is 0. The number of benzene rings is 3. The molecular weight excluding hydrogens is 1470 g/mol. The van der Waals surface area contributed by atoms with E-state index in [9.17, 15) is 0 Å². The summed E-state index contributed by atoms with van der Waals surface area (Å²) < 4.78 is 13.2. The van der Waals surface area contributed by atoms with E-state index in [2.05, 4.69) is 229 Å². The van der Waals surface area contributed by atoms with Crippen molar-refractivity contribution in [3.05, 3.63) is 214 Å². The van der Waals surface area contributed by atoms with Gasteiger partial charge in [0.05, 0.1) is 0 Å². The first kappa shape index (κ1) is 86.2. The number of halogens is 9. The average molecular weight is 1580 g/mol. The van der Waals surface area contributed by atoms with E-state index in [0.717, 1.165) is 80.6 Å². The molecular formula is C79H111Cl9O2Si6-6. The van der Waals surface area contributed by atoms with Crippen LogP contribution in [0.2, 0.25) is 81.1 Å². The van der Waals surface area contributed by atoms with Crippen LogP contribution in [0.15, 0.2) is 158 Å². The summed E-state index contributed by atoms with van der Waals surface area (Å²) in [5.74, 6) is 2.23. The highest BCUT2D eigenvalue weighted by atomic mass is 35.8. The largest absolute Gasteiger partial charge is 0.578 e. The predicted molar refractivity (Wildman–Crippen MR) is 453 cm³/mol. The third kappa shape index (κ3) is 33.3. The van der Waals surface area contributed by atoms with E-state index in [1.54, 1.807) is 0 Å². The molecule has 0 saturated carbocycles. The van der Waals surface area contributed by atoms with Crippen molar-refractivity contribution in [3.8, 4) is 11.5 Å². The first-order chi connectivity index (χ1) is 44.7. The van der Waals surface area contributed by atoms with Gasteiger partial charge >= 0.3 is 6.00 Å². The minimum Gasteiger partial charge on any atom is -0.578 e. The molecule has 0 N–H and O–H groups in total. The SMILES string of the molecule is C=CCCCC[Si](C)(C)Oc1c(C)cc2cc(C)c[c-]2c1C.C[Si](Cl)(Cl)CCCCCc1ccc[cH-]1.C[Si](Cl)(Cl)CCC[c-]1ccc2ccccc21.C[Si](Cl)(Cl)CCCc1ccc[cH-]1.Cc1cc2cc(C)c(O[Si](C)(C)C(C)(C)C)c(C)[c-]2c1.Cl[Si](Cl)(Cl)CCCc1ccc[cH-]1. The van der Waals surface area contributed by atoms with Crippen molar-refractivity contribution in [3.63, 3.8) is 0 Å². The molecule has 0 aliphatic heterocycles. The van der Waals surface area contributed by atoms with Crippen molar-refractivity contribution >= 4 is 175 Å². The minimum absolute atomic E-state index is 0.225. The van der Waals surface area contributed by atoms with Crippen LogP contribution in [-0.4, -0.2) is 42.7 Å². The van der Waals surface area contributed by atoms with Crippen LogP contribution < -0.4 is 8.85 Å². The fourth-order valence-electron chi connectivity index (χ4n) is 11.4. The molecule has 0 aromatic heterocycles. The smallest absolute Gasteiger partial charge is 0.341 e. The second kappa shape index (κ2) is 40.6. The first-order valence-electron chi connectivity index (χ1n) is 34.5. The van der Waals surface area contributed by atoms with E-state index in [0.29, 0.717) is 0 Å². The van der Waals surface area contributed by atoms with E-state index in [1.807, 2.05) is 37.8 Å². The van der Waals surface area contributed by atoms with Crippen LogP contribution in [0.5, 0.6) is 11.5 Å². The highest BCUT2D eigenvalue weighted by Gasteiger charge is 2.38. The third-order valence-electron chi connectivity index (χ3n) is 17.7. The molecule has 9 rings (SSSR count). The molecule has 9 aromatic carbocycles. The Kier molecular flexibility index (Phi) is 36.4. The summed E-state index contributed by atoms with van der Waals surface area (Å²) in [6.07, 6.45) is 16.8. The second-order valence-corrected chi connectivity index (χ2v) is 71.8. The maximum atomic E-state index is 6.58. The highest BCUT2D eigenvalue weighted by molar-refractivity contribution is 7.64. The quantitative estimate of drug-likeness (QED) is 0.0168. The maximum absolute atomic E-state index is 6.58. The molecule has 0 saturated heterocycles. The fraction of sp³-hybridized carbons (Fsp3) is 0.443. The van der Waals surface area contributed by atoms with Crippen molar-refractivity contribution in [2.45, 2.75) is 227 Å². The lowest BCUT2D eigenvalue weighted by atomic mass is 10.1. The van der Waals surface area contributed by atoms with Gasteiger partial charge in [0, 0.05) is 11.5 Å². The van der Waals surface area contributed by atoms with Gasteiger partial charge in [-0.15, -0.1) is 205 Å². The Hall–Kier alpha value is -2.21. The van der Waals surface area contributed by atoms with Crippen LogP contribution in [-0.2, 0) is 25.7 Å². The van der Waals surface area contributed by atoms with Crippen LogP contribution in [0.25, 0.3) is 32.3 Å². The molecule has 0 unspecified atom stereocenters. The molecule has 9 aromatic rings. The molecule has 0 fully saturated rings. The summed E-state index contributed by atoms with van der Waals surface area (Å²) in [6, 6.07) is 54.3. The zero-order valence-electron chi connectivity index (χ0n) is 60.6. The number of unbranched alkanes of at least 4 members (excludes halogenated alkanes) is 4. The molecule has 0 aliphatic rings. The molecule has 0 amide bonds. The average Bonchev–Trinajstić information content (AvgIpc) is 1.46. The summed E-state index contributed by atoms with van der Waals surface area (Å²) >= 11 is 53.4. The number of fused-ring (bicyclic) bond motifs is 3. The molecule has 0 atom stereocenters. The summed E-state index contributed by atoms with van der Waals surface area (Å²) in [6.45, 7) is 33.4. The lowest BCUT2D eigenvalue weighted by Crippen LogP contribution is -2.44. The van der Waals surface area contributed by atoms with E-state index < -0.39 is 42.7 Å². The van der Waals surface area contributed by atoms with Gasteiger partial charge in [0.15, 0.2) is 0 Å². The molecule has 0 heterocycles. The molecule has 0 spiro atoms. The molecule has 2 nitrogen and oxygen atoms in total. The van der Waals surface area contributed by atoms with Crippen LogP contribution in [0, 0.1) is 41.5 Å². The van der Waals surface area contributed by atoms with Crippen LogP contribution in [0.1, 0.15) is 134 Å². The van der Waals surface area contributed by atoms with Gasteiger partial charge in [-0.2, -0.15) is 59.2 Å². The van der Waals surface area contributed by atoms with E-state index in [-0.39, 0.29) is 5.04 Å². The van der Waals surface area contributed by atoms with Crippen LogP contribution in [0.3, 0.4) is 0 Å². The number of aryl methyl sites for hydroxylation is 10. The lowest BCUT2D eigenvalue weighted by molar-refractivity contribution is 0.487. The summed E-state index contributed by atoms with van der Waals surface area (Å²) in [7, 11) is -3.46.